The van der Waals surface area contributed by atoms with Gasteiger partial charge >= 0.3 is 12.3 Å². The van der Waals surface area contributed by atoms with Crippen LogP contribution in [-0.4, -0.2) is 17.7 Å². The second-order valence-corrected chi connectivity index (χ2v) is 3.91. The number of nitrogens with two attached hydrogens (primary N) is 1. The van der Waals surface area contributed by atoms with Crippen LogP contribution in [-0.2, 0) is 10.9 Å². The molecule has 0 unspecified atom stereocenters. The van der Waals surface area contributed by atoms with Gasteiger partial charge in [-0.2, -0.15) is 13.2 Å². The van der Waals surface area contributed by atoms with E-state index in [2.05, 4.69) is 22.3 Å². The zero-order valence-corrected chi connectivity index (χ0v) is 10.7. The number of ether oxygens (including phenoxy) is 1. The molecule has 0 saturated heterocycles. The number of benzene rings is 1. The summed E-state index contributed by atoms with van der Waals surface area (Å²) in [5.74, 6) is 0. The molecule has 0 heterocycles. The normalized spacial score (nSPS) is 10.9. The summed E-state index contributed by atoms with van der Waals surface area (Å²) in [6.07, 6.45) is -5.30. The van der Waals surface area contributed by atoms with E-state index in [0.717, 1.165) is 18.2 Å². The van der Waals surface area contributed by atoms with Crippen LogP contribution in [0, 0.1) is 0 Å². The average molecular weight is 292 g/mol. The summed E-state index contributed by atoms with van der Waals surface area (Å²) >= 11 is 4.67. The van der Waals surface area contributed by atoms with Crippen molar-refractivity contribution in [1.82, 2.24) is 0 Å². The van der Waals surface area contributed by atoms with E-state index >= 15 is 0 Å². The molecule has 0 aliphatic rings. The third-order valence-electron chi connectivity index (χ3n) is 2.12. The highest BCUT2D eigenvalue weighted by Crippen LogP contribution is 2.31. The van der Waals surface area contributed by atoms with Crippen molar-refractivity contribution >= 4 is 29.0 Å². The predicted molar refractivity (Wildman–Crippen MR) is 68.0 cm³/mol. The van der Waals surface area contributed by atoms with Crippen LogP contribution >= 0.6 is 12.2 Å². The fourth-order valence-electron chi connectivity index (χ4n) is 1.31. The van der Waals surface area contributed by atoms with Crippen molar-refractivity contribution in [2.45, 2.75) is 13.1 Å². The molecule has 0 saturated carbocycles. The molecule has 4 nitrogen and oxygen atoms in total. The Morgan fingerprint density at radius 1 is 1.47 bits per heavy atom. The number of anilines is 1. The Balaban J connectivity index is 3.12. The minimum Gasteiger partial charge on any atom is -0.450 e. The van der Waals surface area contributed by atoms with Crippen LogP contribution in [0.4, 0.5) is 23.7 Å². The molecule has 3 N–H and O–H groups in total. The summed E-state index contributed by atoms with van der Waals surface area (Å²) in [6, 6.07) is 2.68. The summed E-state index contributed by atoms with van der Waals surface area (Å²) in [5, 5.41) is 2.28. The van der Waals surface area contributed by atoms with Gasteiger partial charge in [0.15, 0.2) is 0 Å². The summed E-state index contributed by atoms with van der Waals surface area (Å²) in [7, 11) is 0. The number of nitrogens with one attached hydrogen (secondary N) is 1. The van der Waals surface area contributed by atoms with E-state index in [1.54, 1.807) is 6.92 Å². The van der Waals surface area contributed by atoms with Crippen LogP contribution in [0.2, 0.25) is 0 Å². The average Bonchev–Trinajstić information content (AvgIpc) is 2.27. The van der Waals surface area contributed by atoms with Crippen LogP contribution in [0.3, 0.4) is 0 Å². The lowest BCUT2D eigenvalue weighted by Gasteiger charge is -2.13. The molecule has 19 heavy (non-hydrogen) atoms. The van der Waals surface area contributed by atoms with Gasteiger partial charge in [-0.05, 0) is 25.1 Å². The Bertz CT molecular complexity index is 503. The van der Waals surface area contributed by atoms with E-state index in [0.29, 0.717) is 0 Å². The molecule has 0 aliphatic heterocycles. The van der Waals surface area contributed by atoms with Crippen molar-refractivity contribution < 1.29 is 22.7 Å². The Labute approximate surface area is 112 Å². The molecule has 0 bridgehead atoms. The van der Waals surface area contributed by atoms with Gasteiger partial charge in [-0.25, -0.2) is 4.79 Å². The third kappa shape index (κ3) is 4.09. The van der Waals surface area contributed by atoms with Gasteiger partial charge < -0.3 is 10.5 Å². The first-order chi connectivity index (χ1) is 8.75. The molecule has 1 rings (SSSR count). The van der Waals surface area contributed by atoms with E-state index in [4.69, 9.17) is 5.73 Å². The molecule has 1 aromatic carbocycles. The highest BCUT2D eigenvalue weighted by molar-refractivity contribution is 7.80. The van der Waals surface area contributed by atoms with Crippen molar-refractivity contribution in [2.75, 3.05) is 11.9 Å². The molecule has 0 aromatic heterocycles. The first kappa shape index (κ1) is 15.2. The topological polar surface area (TPSA) is 64.3 Å². The smallest absolute Gasteiger partial charge is 0.416 e. The lowest BCUT2D eigenvalue weighted by molar-refractivity contribution is -0.137. The highest BCUT2D eigenvalue weighted by Gasteiger charge is 2.31. The fraction of sp³-hybridized carbons (Fsp3) is 0.273. The third-order valence-corrected chi connectivity index (χ3v) is 2.34. The number of hydrogen-bond donors (Lipinski definition) is 2. The van der Waals surface area contributed by atoms with E-state index < -0.39 is 17.8 Å². The summed E-state index contributed by atoms with van der Waals surface area (Å²) in [6.45, 7) is 1.73. The van der Waals surface area contributed by atoms with Gasteiger partial charge in [0.2, 0.25) is 0 Å². The number of rotatable bonds is 3. The Kier molecular flexibility index (Phi) is 4.71. The van der Waals surface area contributed by atoms with Crippen molar-refractivity contribution in [3.63, 3.8) is 0 Å². The van der Waals surface area contributed by atoms with Crippen LogP contribution in [0.1, 0.15) is 18.1 Å². The van der Waals surface area contributed by atoms with Gasteiger partial charge in [-0.1, -0.05) is 12.2 Å². The maximum absolute atomic E-state index is 12.6. The van der Waals surface area contributed by atoms with Crippen LogP contribution in [0.25, 0.3) is 0 Å². The van der Waals surface area contributed by atoms with Crippen LogP contribution in [0.15, 0.2) is 18.2 Å². The maximum atomic E-state index is 12.6. The molecule has 1 aromatic rings. The number of thiocarbonyl (C=S) groups is 1. The monoisotopic (exact) mass is 292 g/mol. The fourth-order valence-corrected chi connectivity index (χ4v) is 1.48. The Hall–Kier alpha value is -1.83. The maximum Gasteiger partial charge on any atom is 0.416 e. The second-order valence-electron chi connectivity index (χ2n) is 3.47. The zero-order valence-electron chi connectivity index (χ0n) is 9.88. The zero-order chi connectivity index (χ0) is 14.6. The predicted octanol–water partition coefficient (Wildman–Crippen LogP) is 2.91. The molecule has 8 heteroatoms. The van der Waals surface area contributed by atoms with Gasteiger partial charge in [0.25, 0.3) is 0 Å². The summed E-state index contributed by atoms with van der Waals surface area (Å²) in [5.41, 5.74) is 4.45. The lowest BCUT2D eigenvalue weighted by atomic mass is 10.1. The van der Waals surface area contributed by atoms with Crippen LogP contribution in [0.5, 0.6) is 0 Å². The number of halogens is 3. The molecule has 0 atom stereocenters. The number of amides is 1. The largest absolute Gasteiger partial charge is 0.450 e. The van der Waals surface area contributed by atoms with Crippen molar-refractivity contribution in [1.29, 1.82) is 0 Å². The molecule has 0 spiro atoms. The molecular weight excluding hydrogens is 281 g/mol. The second kappa shape index (κ2) is 5.87. The molecule has 0 radical (unpaired) electrons. The SMILES string of the molecule is CCOC(=O)Nc1ccc(C(F)(F)F)cc1C(N)=S. The number of hydrogen-bond acceptors (Lipinski definition) is 3. The first-order valence-electron chi connectivity index (χ1n) is 5.20. The first-order valence-corrected chi connectivity index (χ1v) is 5.61. The van der Waals surface area contributed by atoms with E-state index in [9.17, 15) is 18.0 Å². The van der Waals surface area contributed by atoms with E-state index in [1.165, 1.54) is 0 Å². The Morgan fingerprint density at radius 3 is 2.58 bits per heavy atom. The van der Waals surface area contributed by atoms with Gasteiger partial charge in [0, 0.05) is 5.56 Å². The van der Waals surface area contributed by atoms with Gasteiger partial charge in [-0.3, -0.25) is 5.32 Å². The van der Waals surface area contributed by atoms with Gasteiger partial charge in [0.1, 0.15) is 4.99 Å². The van der Waals surface area contributed by atoms with Gasteiger partial charge in [-0.15, -0.1) is 0 Å². The number of carbonyl (C=O) groups excluding carboxylic acids is 1. The van der Waals surface area contributed by atoms with Crippen LogP contribution < -0.4 is 11.1 Å². The molecular formula is C11H11F3N2O2S. The summed E-state index contributed by atoms with van der Waals surface area (Å²) < 4.78 is 42.3. The lowest BCUT2D eigenvalue weighted by Crippen LogP contribution is -2.19. The minimum atomic E-state index is -4.51. The molecule has 1 amide bonds. The number of carbonyl (C=O) groups is 1. The van der Waals surface area contributed by atoms with Gasteiger partial charge in [0.05, 0.1) is 17.9 Å². The van der Waals surface area contributed by atoms with E-state index in [1.807, 2.05) is 0 Å². The van der Waals surface area contributed by atoms with Crippen molar-refractivity contribution in [3.8, 4) is 0 Å². The standard InChI is InChI=1S/C11H11F3N2O2S/c1-2-18-10(17)16-8-4-3-6(11(12,13)14)5-7(8)9(15)19/h3-5H,2H2,1H3,(H2,15,19)(H,16,17). The Morgan fingerprint density at radius 2 is 2.11 bits per heavy atom. The minimum absolute atomic E-state index is 0.0685. The van der Waals surface area contributed by atoms with Crippen molar-refractivity contribution in [3.05, 3.63) is 29.3 Å². The molecule has 0 aliphatic carbocycles. The van der Waals surface area contributed by atoms with E-state index in [-0.39, 0.29) is 22.8 Å². The quantitative estimate of drug-likeness (QED) is 0.841. The number of alkyl halides is 3. The molecule has 104 valence electrons. The molecule has 0 fully saturated rings. The highest BCUT2D eigenvalue weighted by atomic mass is 32.1. The summed E-state index contributed by atoms with van der Waals surface area (Å²) in [4.78, 5) is 11.0. The van der Waals surface area contributed by atoms with Crippen molar-refractivity contribution in [2.24, 2.45) is 5.73 Å².